The topological polar surface area (TPSA) is 147 Å². The minimum Gasteiger partial charge on any atom is -0.299 e. The molecule has 1 saturated heterocycles. The summed E-state index contributed by atoms with van der Waals surface area (Å²) in [5, 5.41) is 1.92. The van der Waals surface area contributed by atoms with Gasteiger partial charge in [-0.3, -0.25) is 33.0 Å². The van der Waals surface area contributed by atoms with E-state index in [0.717, 1.165) is 115 Å². The molecule has 4 aliphatic rings. The van der Waals surface area contributed by atoms with Crippen molar-refractivity contribution in [3.05, 3.63) is 222 Å². The fourth-order valence-corrected chi connectivity index (χ4v) is 10.9. The van der Waals surface area contributed by atoms with Crippen LogP contribution in [0.1, 0.15) is 97.2 Å². The van der Waals surface area contributed by atoms with Crippen LogP contribution in [0, 0.1) is 52.7 Å². The summed E-state index contributed by atoms with van der Waals surface area (Å²) >= 11 is 0. The third-order valence-electron chi connectivity index (χ3n) is 15.5. The van der Waals surface area contributed by atoms with E-state index < -0.39 is 0 Å². The van der Waals surface area contributed by atoms with E-state index in [0.29, 0.717) is 51.9 Å². The Bertz CT molecular complexity index is 4230. The Hall–Kier alpha value is -9.16. The monoisotopic (exact) mass is 1040 g/mol. The first kappa shape index (κ1) is 51.9. The van der Waals surface area contributed by atoms with E-state index in [1.54, 1.807) is 27.6 Å². The molecule has 13 rings (SSSR count). The highest BCUT2D eigenvalue weighted by atomic mass is 19.1. The van der Waals surface area contributed by atoms with Gasteiger partial charge in [0.05, 0.1) is 38.9 Å². The largest absolute Gasteiger partial charge is 0.299 e. The zero-order valence-corrected chi connectivity index (χ0v) is 44.5. The molecular weight excluding hydrogens is 988 g/mol. The van der Waals surface area contributed by atoms with Gasteiger partial charge in [-0.1, -0.05) is 49.8 Å². The Morgan fingerprint density at radius 2 is 1.09 bits per heavy atom. The van der Waals surface area contributed by atoms with Gasteiger partial charge in [0.2, 0.25) is 0 Å². The molecule has 4 aliphatic heterocycles. The average molecular weight is 1050 g/mol. The molecule has 14 heteroatoms. The molecule has 1 fully saturated rings. The maximum Gasteiger partial charge on any atom is 0.261 e. The van der Waals surface area contributed by atoms with Gasteiger partial charge < -0.3 is 0 Å². The Morgan fingerprint density at radius 1 is 0.582 bits per heavy atom. The Morgan fingerprint density at radius 3 is 1.57 bits per heavy atom. The van der Waals surface area contributed by atoms with Crippen molar-refractivity contribution < 1.29 is 4.39 Å². The van der Waals surface area contributed by atoms with Crippen molar-refractivity contribution in [3.63, 3.8) is 0 Å². The lowest BCUT2D eigenvalue weighted by molar-refractivity contribution is 0.117. The van der Waals surface area contributed by atoms with E-state index in [1.807, 2.05) is 95.6 Å². The highest BCUT2D eigenvalue weighted by Crippen LogP contribution is 2.37. The van der Waals surface area contributed by atoms with Crippen molar-refractivity contribution in [2.45, 2.75) is 90.4 Å². The lowest BCUT2D eigenvalue weighted by Gasteiger charge is -2.40. The van der Waals surface area contributed by atoms with E-state index in [9.17, 15) is 18.8 Å². The molecule has 2 unspecified atom stereocenters. The number of fused-ring (bicyclic) bond motifs is 6. The fourth-order valence-electron chi connectivity index (χ4n) is 10.9. The number of benzene rings is 3. The van der Waals surface area contributed by atoms with Crippen LogP contribution in [0.25, 0.3) is 32.7 Å². The number of halogens is 1. The minimum absolute atomic E-state index is 0.0116. The van der Waals surface area contributed by atoms with E-state index in [1.165, 1.54) is 18.6 Å². The fraction of sp³-hybridized carbons (Fsp3) is 0.277. The highest BCUT2D eigenvalue weighted by molar-refractivity contribution is 5.81. The summed E-state index contributed by atoms with van der Waals surface area (Å²) in [6.45, 7) is 11.4. The van der Waals surface area contributed by atoms with Crippen molar-refractivity contribution in [2.75, 3.05) is 13.6 Å². The van der Waals surface area contributed by atoms with Gasteiger partial charge in [-0.05, 0) is 166 Å². The van der Waals surface area contributed by atoms with Gasteiger partial charge in [-0.15, -0.1) is 6.58 Å². The summed E-state index contributed by atoms with van der Waals surface area (Å²) in [4.78, 5) is 67.8. The average Bonchev–Trinajstić information content (AvgIpc) is 3.95. The van der Waals surface area contributed by atoms with E-state index in [-0.39, 0.29) is 33.4 Å². The van der Waals surface area contributed by atoms with Gasteiger partial charge in [0.15, 0.2) is 0 Å². The second kappa shape index (κ2) is 22.1. The summed E-state index contributed by atoms with van der Waals surface area (Å²) in [6.07, 6.45) is 14.4. The summed E-state index contributed by atoms with van der Waals surface area (Å²) in [7, 11) is 2.18. The maximum atomic E-state index is 13.2. The molecule has 0 N–H and O–H groups in total. The van der Waals surface area contributed by atoms with Crippen molar-refractivity contribution >= 4 is 32.7 Å². The first-order valence-corrected chi connectivity index (χ1v) is 26.7. The molecule has 0 bridgehead atoms. The molecule has 392 valence electrons. The van der Waals surface area contributed by atoms with Crippen molar-refractivity contribution in [1.82, 2.24) is 48.5 Å². The quantitative estimate of drug-likeness (QED) is 0.115. The van der Waals surface area contributed by atoms with Gasteiger partial charge in [0, 0.05) is 73.5 Å². The Labute approximate surface area is 457 Å². The molecule has 0 aliphatic carbocycles. The van der Waals surface area contributed by atoms with Crippen molar-refractivity contribution in [3.8, 4) is 35.5 Å². The number of likely N-dealkylation sites (N-methyl/N-ethyl adjacent to an activating group) is 1. The van der Waals surface area contributed by atoms with Crippen LogP contribution >= 0.6 is 0 Å². The van der Waals surface area contributed by atoms with Crippen LogP contribution in [0.4, 0.5) is 4.39 Å². The van der Waals surface area contributed by atoms with E-state index >= 15 is 0 Å². The smallest absolute Gasteiger partial charge is 0.261 e. The van der Waals surface area contributed by atoms with Gasteiger partial charge >= 0.3 is 0 Å². The van der Waals surface area contributed by atoms with Crippen LogP contribution in [-0.4, -0.2) is 67.6 Å². The van der Waals surface area contributed by atoms with Crippen LogP contribution in [0.15, 0.2) is 149 Å². The number of hydrogen-bond donors (Lipinski definition) is 0. The predicted octanol–water partition coefficient (Wildman–Crippen LogP) is 8.84. The molecule has 10 heterocycles. The molecule has 79 heavy (non-hydrogen) atoms. The third-order valence-corrected chi connectivity index (χ3v) is 15.5. The number of pyridine rings is 3. The first-order valence-electron chi connectivity index (χ1n) is 26.7. The third kappa shape index (κ3) is 11.3. The molecule has 1 spiro atoms. The Balaban J connectivity index is 0.000000126. The van der Waals surface area contributed by atoms with Gasteiger partial charge in [0.25, 0.3) is 16.7 Å². The lowest BCUT2D eigenvalue weighted by Crippen LogP contribution is -2.51. The zero-order valence-electron chi connectivity index (χ0n) is 44.5. The summed E-state index contributed by atoms with van der Waals surface area (Å²) < 4.78 is 18.4. The SMILES string of the molecule is C=CC1CCc2nc3cc(C#Cc4ccccn4)ccc3c(=O)n2C1.CC1(C)CCc2nc3cc(C#Cc4ccc(F)cn4)ccc3c(=O)n2C1.CN1CCCC12CCc1nc3cc(C#Cc4ccccn4)ccc3c(=O)n1C2. The molecule has 0 saturated carbocycles. The predicted molar refractivity (Wildman–Crippen MR) is 306 cm³/mol. The van der Waals surface area contributed by atoms with E-state index in [4.69, 9.17) is 15.0 Å². The van der Waals surface area contributed by atoms with Gasteiger partial charge in [-0.25, -0.2) is 34.3 Å². The van der Waals surface area contributed by atoms with Crippen molar-refractivity contribution in [1.29, 1.82) is 0 Å². The minimum atomic E-state index is -0.390. The number of likely N-dealkylation sites (tertiary alicyclic amines) is 1. The lowest BCUT2D eigenvalue weighted by atomic mass is 9.85. The maximum absolute atomic E-state index is 13.2. The standard InChI is InChI=1S/C23H22N4O.C21H18FN3O.C21H17N3O/c1-26-14-4-11-23(26)12-10-21-25-20-15-17(6-8-18-5-2-3-13-24-18)7-9-19(20)22(28)27(21)16-23;1-21(2)10-9-19-24-18-11-14(3-6-16-7-5-15(22)12-23-16)4-8-17(18)20(26)25(19)13-21;1-2-15-8-11-20-23-19-13-16(6-9-17-5-3-4-12-22-17)7-10-18(19)21(25)24(20)14-15/h2-3,5,7,9,13,15H,4,10-12,14,16H2,1H3;4-5,7-8,11-12H,9-10,13H2,1-2H3;2-5,7,10,12-13,15H,1,8,11,14H2. The Kier molecular flexibility index (Phi) is 14.5. The van der Waals surface area contributed by atoms with Crippen LogP contribution < -0.4 is 16.7 Å². The molecule has 9 aromatic rings. The summed E-state index contributed by atoms with van der Waals surface area (Å²) in [5.74, 6) is 20.8. The second-order valence-corrected chi connectivity index (χ2v) is 21.5. The summed E-state index contributed by atoms with van der Waals surface area (Å²) in [6, 6.07) is 30.8. The zero-order chi connectivity index (χ0) is 54.7. The summed E-state index contributed by atoms with van der Waals surface area (Å²) in [5.41, 5.74) is 6.82. The molecule has 3 aromatic carbocycles. The van der Waals surface area contributed by atoms with Gasteiger partial charge in [-0.2, -0.15) is 0 Å². The van der Waals surface area contributed by atoms with Gasteiger partial charge in [0.1, 0.15) is 40.4 Å². The van der Waals surface area contributed by atoms with Crippen LogP contribution in [0.2, 0.25) is 0 Å². The normalized spacial score (nSPS) is 17.6. The number of allylic oxidation sites excluding steroid dienone is 1. The number of hydrogen-bond acceptors (Lipinski definition) is 10. The number of rotatable bonds is 1. The molecular formula is C65H57FN10O3. The molecule has 13 nitrogen and oxygen atoms in total. The molecule has 2 atom stereocenters. The van der Waals surface area contributed by atoms with Crippen molar-refractivity contribution in [2.24, 2.45) is 11.3 Å². The second-order valence-electron chi connectivity index (χ2n) is 21.5. The molecule has 6 aromatic heterocycles. The number of aryl methyl sites for hydroxylation is 3. The van der Waals surface area contributed by atoms with Crippen LogP contribution in [0.5, 0.6) is 0 Å². The van der Waals surface area contributed by atoms with Crippen LogP contribution in [0.3, 0.4) is 0 Å². The highest BCUT2D eigenvalue weighted by Gasteiger charge is 2.42. The number of aromatic nitrogens is 9. The molecule has 0 amide bonds. The van der Waals surface area contributed by atoms with E-state index in [2.05, 4.69) is 82.8 Å². The first-order chi connectivity index (χ1) is 38.3. The van der Waals surface area contributed by atoms with Crippen LogP contribution in [-0.2, 0) is 38.9 Å². The molecule has 0 radical (unpaired) electrons. The number of nitrogens with zero attached hydrogens (tertiary/aromatic N) is 10.